The topological polar surface area (TPSA) is 149 Å². The molecule has 4 heterocycles. The van der Waals surface area contributed by atoms with Gasteiger partial charge in [0.2, 0.25) is 11.7 Å². The Balaban J connectivity index is 1.11. The average Bonchev–Trinajstić information content (AvgIpc) is 3.90. The molecule has 1 aliphatic heterocycles. The van der Waals surface area contributed by atoms with Gasteiger partial charge in [-0.2, -0.15) is 22.7 Å². The molecule has 1 saturated heterocycles. The molecule has 61 heavy (non-hydrogen) atoms. The van der Waals surface area contributed by atoms with E-state index in [1.165, 1.54) is 10.8 Å². The first-order valence-electron chi connectivity index (χ1n) is 19.7. The summed E-state index contributed by atoms with van der Waals surface area (Å²) >= 11 is 6.20. The second kappa shape index (κ2) is 17.0. The number of amides is 2. The van der Waals surface area contributed by atoms with Crippen molar-refractivity contribution >= 4 is 40.6 Å². The molecule has 2 aliphatic rings. The largest absolute Gasteiger partial charge is 0.485 e. The maximum absolute atomic E-state index is 14.6. The SMILES string of the molecule is CCc1c(N2CCN(C(=O)c3ncnc(C)c3OCc3ccccc3)CC2)c(=O)n2nc(-c3ccc4c(c3)CC[C@@H]4OC)nc2n1CC(=O)Nc1ccc(C(F)(F)F)cc1Cl. The number of carbonyl (C=O) groups excluding carboxylic acids is 2. The van der Waals surface area contributed by atoms with E-state index < -0.39 is 23.2 Å². The van der Waals surface area contributed by atoms with Gasteiger partial charge < -0.3 is 29.2 Å². The molecular formula is C43H41ClF3N9O5. The van der Waals surface area contributed by atoms with Crippen LogP contribution in [0.3, 0.4) is 0 Å². The number of anilines is 2. The number of hydrogen-bond donors (Lipinski definition) is 1. The Morgan fingerprint density at radius 1 is 1.00 bits per heavy atom. The van der Waals surface area contributed by atoms with Gasteiger partial charge in [0.15, 0.2) is 17.3 Å². The average molecular weight is 856 g/mol. The van der Waals surface area contributed by atoms with Crippen LogP contribution in [0, 0.1) is 6.92 Å². The first-order chi connectivity index (χ1) is 29.3. The number of nitrogens with one attached hydrogen (secondary N) is 1. The lowest BCUT2D eigenvalue weighted by Gasteiger charge is -2.36. The van der Waals surface area contributed by atoms with Gasteiger partial charge >= 0.3 is 6.18 Å². The van der Waals surface area contributed by atoms with Crippen LogP contribution in [0.4, 0.5) is 24.5 Å². The summed E-state index contributed by atoms with van der Waals surface area (Å²) in [5, 5.41) is 7.01. The molecule has 8 rings (SSSR count). The van der Waals surface area contributed by atoms with E-state index in [0.29, 0.717) is 22.7 Å². The minimum atomic E-state index is -4.62. The van der Waals surface area contributed by atoms with Crippen molar-refractivity contribution in [3.8, 4) is 17.1 Å². The lowest BCUT2D eigenvalue weighted by atomic mass is 10.1. The number of piperazine rings is 1. The fourth-order valence-corrected chi connectivity index (χ4v) is 8.17. The fourth-order valence-electron chi connectivity index (χ4n) is 7.94. The molecule has 2 amide bonds. The number of methoxy groups -OCH3 is 1. The summed E-state index contributed by atoms with van der Waals surface area (Å²) in [5.74, 6) is -0.315. The third kappa shape index (κ3) is 8.26. The first-order valence-corrected chi connectivity index (χ1v) is 20.1. The summed E-state index contributed by atoms with van der Waals surface area (Å²) in [4.78, 5) is 59.2. The molecule has 1 fully saturated rings. The Kier molecular flexibility index (Phi) is 11.5. The van der Waals surface area contributed by atoms with E-state index >= 15 is 0 Å². The van der Waals surface area contributed by atoms with Crippen LogP contribution >= 0.6 is 11.6 Å². The van der Waals surface area contributed by atoms with Crippen LogP contribution in [-0.2, 0) is 41.7 Å². The Hall–Kier alpha value is -6.33. The number of hydrogen-bond acceptors (Lipinski definition) is 10. The predicted molar refractivity (Wildman–Crippen MR) is 221 cm³/mol. The van der Waals surface area contributed by atoms with Crippen molar-refractivity contribution < 1.29 is 32.2 Å². The molecule has 6 aromatic rings. The highest BCUT2D eigenvalue weighted by molar-refractivity contribution is 6.33. The maximum Gasteiger partial charge on any atom is 0.416 e. The van der Waals surface area contributed by atoms with Crippen LogP contribution < -0.4 is 20.5 Å². The Labute approximate surface area is 352 Å². The number of alkyl halides is 3. The van der Waals surface area contributed by atoms with Crippen LogP contribution in [0.5, 0.6) is 5.75 Å². The van der Waals surface area contributed by atoms with Gasteiger partial charge in [-0.3, -0.25) is 14.4 Å². The number of aromatic nitrogens is 6. The molecular weight excluding hydrogens is 815 g/mol. The Morgan fingerprint density at radius 3 is 2.48 bits per heavy atom. The molecule has 0 unspecified atom stereocenters. The summed E-state index contributed by atoms with van der Waals surface area (Å²) in [5.41, 5.74) is 3.72. The number of ether oxygens (including phenoxy) is 2. The second-order valence-corrected chi connectivity index (χ2v) is 15.2. The van der Waals surface area contributed by atoms with E-state index in [0.717, 1.165) is 47.7 Å². The van der Waals surface area contributed by atoms with Crippen LogP contribution in [0.15, 0.2) is 77.9 Å². The molecule has 1 aliphatic carbocycles. The number of benzene rings is 3. The Bertz CT molecular complexity index is 2700. The summed E-state index contributed by atoms with van der Waals surface area (Å²) < 4.78 is 54.5. The standard InChI is InChI=1S/C43H41ClF3N9O5/c1-4-33-37(53-16-18-54(19-17-53)40(58)36-38(25(2)48-24-49-36)61-23-26-8-6-5-7-9-26)41(59)56-42(51-39(52-56)28-10-13-30-27(20-28)11-15-34(30)60-3)55(33)22-35(57)50-32-14-12-29(21-31(32)44)43(45,46)47/h5-10,12-14,20-21,24,34H,4,11,15-19,22-23H2,1-3H3,(H,50,57)/t34-/m0/s1. The molecule has 1 N–H and O–H groups in total. The lowest BCUT2D eigenvalue weighted by Crippen LogP contribution is -2.51. The van der Waals surface area contributed by atoms with Crippen molar-refractivity contribution in [2.24, 2.45) is 0 Å². The summed E-state index contributed by atoms with van der Waals surface area (Å²) in [6.45, 7) is 4.40. The number of halogens is 4. The zero-order chi connectivity index (χ0) is 43.0. The maximum atomic E-state index is 14.6. The van der Waals surface area contributed by atoms with Crippen molar-refractivity contribution in [2.75, 3.05) is 43.5 Å². The van der Waals surface area contributed by atoms with E-state index in [1.54, 1.807) is 23.5 Å². The molecule has 1 atom stereocenters. The zero-order valence-electron chi connectivity index (χ0n) is 33.5. The van der Waals surface area contributed by atoms with Gasteiger partial charge in [0.05, 0.1) is 33.8 Å². The number of aryl methyl sites for hydroxylation is 2. The molecule has 0 bridgehead atoms. The van der Waals surface area contributed by atoms with E-state index in [4.69, 9.17) is 26.1 Å². The highest BCUT2D eigenvalue weighted by Gasteiger charge is 2.33. The lowest BCUT2D eigenvalue weighted by molar-refractivity contribution is -0.137. The predicted octanol–water partition coefficient (Wildman–Crippen LogP) is 6.70. The van der Waals surface area contributed by atoms with Gasteiger partial charge in [0.1, 0.15) is 25.2 Å². The van der Waals surface area contributed by atoms with Gasteiger partial charge in [-0.05, 0) is 67.1 Å². The highest BCUT2D eigenvalue weighted by atomic mass is 35.5. The second-order valence-electron chi connectivity index (χ2n) is 14.8. The molecule has 3 aromatic heterocycles. The van der Waals surface area contributed by atoms with E-state index in [9.17, 15) is 27.6 Å². The number of rotatable bonds is 11. The molecule has 3 aromatic carbocycles. The minimum absolute atomic E-state index is 0.0158. The van der Waals surface area contributed by atoms with Crippen molar-refractivity contribution in [1.82, 2.24) is 34.0 Å². The highest BCUT2D eigenvalue weighted by Crippen LogP contribution is 2.36. The normalized spacial score (nSPS) is 15.3. The van der Waals surface area contributed by atoms with Gasteiger partial charge in [0, 0.05) is 38.9 Å². The molecule has 0 saturated carbocycles. The molecule has 18 heteroatoms. The monoisotopic (exact) mass is 855 g/mol. The third-order valence-electron chi connectivity index (χ3n) is 11.0. The van der Waals surface area contributed by atoms with Gasteiger partial charge in [0.25, 0.3) is 11.5 Å². The minimum Gasteiger partial charge on any atom is -0.485 e. The summed E-state index contributed by atoms with van der Waals surface area (Å²) in [6.07, 6.45) is -1.39. The van der Waals surface area contributed by atoms with Crippen molar-refractivity contribution in [3.05, 3.63) is 128 Å². The zero-order valence-corrected chi connectivity index (χ0v) is 34.3. The molecule has 316 valence electrons. The van der Waals surface area contributed by atoms with Crippen molar-refractivity contribution in [2.45, 2.75) is 58.5 Å². The van der Waals surface area contributed by atoms with Crippen LogP contribution in [0.25, 0.3) is 17.2 Å². The molecule has 0 radical (unpaired) electrons. The van der Waals surface area contributed by atoms with Crippen LogP contribution in [0.1, 0.15) is 63.6 Å². The van der Waals surface area contributed by atoms with E-state index in [2.05, 4.69) is 20.4 Å². The van der Waals surface area contributed by atoms with Crippen molar-refractivity contribution in [1.29, 1.82) is 0 Å². The summed E-state index contributed by atoms with van der Waals surface area (Å²) in [6, 6.07) is 18.0. The van der Waals surface area contributed by atoms with E-state index in [-0.39, 0.29) is 91.5 Å². The van der Waals surface area contributed by atoms with Gasteiger partial charge in [-0.1, -0.05) is 61.0 Å². The first kappa shape index (κ1) is 41.4. The Morgan fingerprint density at radius 2 is 1.77 bits per heavy atom. The molecule has 14 nitrogen and oxygen atoms in total. The third-order valence-corrected chi connectivity index (χ3v) is 11.3. The van der Waals surface area contributed by atoms with Crippen molar-refractivity contribution in [3.63, 3.8) is 0 Å². The van der Waals surface area contributed by atoms with Crippen LogP contribution in [-0.4, -0.2) is 79.1 Å². The number of nitrogens with zero attached hydrogens (tertiary/aromatic N) is 8. The smallest absolute Gasteiger partial charge is 0.416 e. The summed E-state index contributed by atoms with van der Waals surface area (Å²) in [7, 11) is 1.67. The quantitative estimate of drug-likeness (QED) is 0.149. The van der Waals surface area contributed by atoms with Crippen LogP contribution in [0.2, 0.25) is 5.02 Å². The van der Waals surface area contributed by atoms with E-state index in [1.807, 2.05) is 60.4 Å². The van der Waals surface area contributed by atoms with Gasteiger partial charge in [-0.25, -0.2) is 9.97 Å². The number of carbonyl (C=O) groups is 2. The van der Waals surface area contributed by atoms with Gasteiger partial charge in [-0.15, -0.1) is 5.10 Å². The molecule has 0 spiro atoms. The number of fused-ring (bicyclic) bond motifs is 2. The fraction of sp³-hybridized carbons (Fsp3) is 0.326.